The summed E-state index contributed by atoms with van der Waals surface area (Å²) in [6.45, 7) is 3.15. The van der Waals surface area contributed by atoms with E-state index in [1.165, 1.54) is 27.8 Å². The van der Waals surface area contributed by atoms with Gasteiger partial charge < -0.3 is 14.2 Å². The lowest BCUT2D eigenvalue weighted by molar-refractivity contribution is -0.941. The first-order valence-corrected chi connectivity index (χ1v) is 10.6. The van der Waals surface area contributed by atoms with Crippen molar-refractivity contribution in [1.29, 1.82) is 0 Å². The number of quaternary nitrogens is 1. The average molecular weight is 416 g/mol. The second-order valence-electron chi connectivity index (χ2n) is 7.84. The van der Waals surface area contributed by atoms with E-state index in [0.29, 0.717) is 12.1 Å². The zero-order valence-corrected chi connectivity index (χ0v) is 17.8. The molecular formula is C27H28FN2O+. The maximum absolute atomic E-state index is 14.2. The number of benzene rings is 3. The van der Waals surface area contributed by atoms with Crippen LogP contribution in [0, 0.1) is 5.82 Å². The summed E-state index contributed by atoms with van der Waals surface area (Å²) in [5, 5.41) is 0. The molecule has 0 fully saturated rings. The van der Waals surface area contributed by atoms with Crippen LogP contribution in [-0.2, 0) is 26.2 Å². The lowest BCUT2D eigenvalue weighted by atomic mass is 10.1. The van der Waals surface area contributed by atoms with Crippen molar-refractivity contribution < 1.29 is 14.0 Å². The van der Waals surface area contributed by atoms with Crippen LogP contribution < -0.4 is 9.64 Å². The van der Waals surface area contributed by atoms with E-state index in [4.69, 9.17) is 4.74 Å². The van der Waals surface area contributed by atoms with Gasteiger partial charge in [0.25, 0.3) is 0 Å². The van der Waals surface area contributed by atoms with Crippen molar-refractivity contribution in [3.8, 4) is 5.75 Å². The Kier molecular flexibility index (Phi) is 6.80. The average Bonchev–Trinajstić information content (AvgIpc) is 3.22. The van der Waals surface area contributed by atoms with Gasteiger partial charge in [-0.25, -0.2) is 4.39 Å². The van der Waals surface area contributed by atoms with Crippen LogP contribution in [0.15, 0.2) is 97.2 Å². The summed E-state index contributed by atoms with van der Waals surface area (Å²) < 4.78 is 21.7. The highest BCUT2D eigenvalue weighted by atomic mass is 19.1. The molecule has 0 aliphatic rings. The highest BCUT2D eigenvalue weighted by Crippen LogP contribution is 2.13. The fourth-order valence-electron chi connectivity index (χ4n) is 3.97. The molecule has 0 spiro atoms. The van der Waals surface area contributed by atoms with Gasteiger partial charge in [-0.2, -0.15) is 0 Å². The first-order valence-electron chi connectivity index (χ1n) is 10.6. The highest BCUT2D eigenvalue weighted by molar-refractivity contribution is 5.28. The third kappa shape index (κ3) is 5.62. The first-order chi connectivity index (χ1) is 15.2. The standard InChI is InChI=1S/C27H27FN2O/c1-31-26-14-7-11-23(17-26)19-29(18-22-9-3-2-4-10-22)21-25-13-8-16-30(25)20-24-12-5-6-15-27(24)28/h2-17H,18-21H2,1H3/p+1. The van der Waals surface area contributed by atoms with Gasteiger partial charge in [-0.3, -0.25) is 0 Å². The summed E-state index contributed by atoms with van der Waals surface area (Å²) in [5.41, 5.74) is 4.43. The molecule has 158 valence electrons. The van der Waals surface area contributed by atoms with E-state index in [2.05, 4.69) is 47.0 Å². The molecule has 1 unspecified atom stereocenters. The largest absolute Gasteiger partial charge is 0.497 e. The van der Waals surface area contributed by atoms with Gasteiger partial charge in [0.15, 0.2) is 0 Å². The maximum Gasteiger partial charge on any atom is 0.128 e. The molecule has 3 nitrogen and oxygen atoms in total. The molecule has 0 saturated carbocycles. The molecule has 0 radical (unpaired) electrons. The van der Waals surface area contributed by atoms with Crippen LogP contribution in [0.1, 0.15) is 22.4 Å². The van der Waals surface area contributed by atoms with Crippen LogP contribution in [0.3, 0.4) is 0 Å². The normalized spacial score (nSPS) is 11.9. The molecule has 4 rings (SSSR count). The minimum atomic E-state index is -0.160. The van der Waals surface area contributed by atoms with Gasteiger partial charge in [-0.05, 0) is 30.3 Å². The predicted octanol–water partition coefficient (Wildman–Crippen LogP) is 4.47. The van der Waals surface area contributed by atoms with Crippen molar-refractivity contribution in [3.63, 3.8) is 0 Å². The Balaban J connectivity index is 1.56. The van der Waals surface area contributed by atoms with Crippen LogP contribution >= 0.6 is 0 Å². The van der Waals surface area contributed by atoms with E-state index < -0.39 is 0 Å². The Labute approximate surface area is 183 Å². The van der Waals surface area contributed by atoms with Crippen molar-refractivity contribution in [1.82, 2.24) is 4.57 Å². The van der Waals surface area contributed by atoms with Crippen molar-refractivity contribution in [2.24, 2.45) is 0 Å². The topological polar surface area (TPSA) is 18.6 Å². The van der Waals surface area contributed by atoms with Gasteiger partial charge in [0.1, 0.15) is 31.2 Å². The van der Waals surface area contributed by atoms with Crippen LogP contribution in [0.25, 0.3) is 0 Å². The van der Waals surface area contributed by atoms with Gasteiger partial charge in [0.05, 0.1) is 19.3 Å². The fraction of sp³-hybridized carbons (Fsp3) is 0.185. The SMILES string of the molecule is COc1cccc(C[NH+](Cc2ccccc2)Cc2cccn2Cc2ccccc2F)c1. The van der Waals surface area contributed by atoms with Gasteiger partial charge in [0.2, 0.25) is 0 Å². The molecule has 0 aliphatic heterocycles. The molecule has 4 heteroatoms. The minimum absolute atomic E-state index is 0.160. The maximum atomic E-state index is 14.2. The fourth-order valence-corrected chi connectivity index (χ4v) is 3.97. The summed E-state index contributed by atoms with van der Waals surface area (Å²) in [6.07, 6.45) is 2.04. The van der Waals surface area contributed by atoms with E-state index in [1.807, 2.05) is 42.6 Å². The van der Waals surface area contributed by atoms with Gasteiger partial charge in [0, 0.05) is 22.9 Å². The number of rotatable bonds is 9. The number of aromatic nitrogens is 1. The summed E-state index contributed by atoms with van der Waals surface area (Å²) in [5.74, 6) is 0.714. The second kappa shape index (κ2) is 10.1. The molecule has 1 aromatic heterocycles. The summed E-state index contributed by atoms with van der Waals surface area (Å²) >= 11 is 0. The number of hydrogen-bond donors (Lipinski definition) is 1. The second-order valence-corrected chi connectivity index (χ2v) is 7.84. The Morgan fingerprint density at radius 3 is 2.32 bits per heavy atom. The van der Waals surface area contributed by atoms with E-state index in [1.54, 1.807) is 13.2 Å². The number of nitrogens with zero attached hydrogens (tertiary/aromatic N) is 1. The van der Waals surface area contributed by atoms with Gasteiger partial charge in [-0.1, -0.05) is 60.7 Å². The van der Waals surface area contributed by atoms with Crippen molar-refractivity contribution in [2.45, 2.75) is 26.2 Å². The third-order valence-electron chi connectivity index (χ3n) is 5.54. The monoisotopic (exact) mass is 415 g/mol. The molecule has 0 amide bonds. The molecule has 31 heavy (non-hydrogen) atoms. The van der Waals surface area contributed by atoms with Crippen LogP contribution in [-0.4, -0.2) is 11.7 Å². The lowest BCUT2D eigenvalue weighted by Crippen LogP contribution is -3.08. The van der Waals surface area contributed by atoms with Crippen LogP contribution in [0.5, 0.6) is 5.75 Å². The van der Waals surface area contributed by atoms with E-state index in [-0.39, 0.29) is 5.82 Å². The van der Waals surface area contributed by atoms with Gasteiger partial charge in [-0.15, -0.1) is 0 Å². The smallest absolute Gasteiger partial charge is 0.128 e. The van der Waals surface area contributed by atoms with Gasteiger partial charge >= 0.3 is 0 Å². The molecule has 4 aromatic rings. The third-order valence-corrected chi connectivity index (χ3v) is 5.54. The molecule has 0 aliphatic carbocycles. The summed E-state index contributed by atoms with van der Waals surface area (Å²) in [7, 11) is 1.70. The zero-order valence-electron chi connectivity index (χ0n) is 17.8. The molecule has 0 bridgehead atoms. The molecule has 1 N–H and O–H groups in total. The summed E-state index contributed by atoms with van der Waals surface area (Å²) in [4.78, 5) is 1.41. The van der Waals surface area contributed by atoms with E-state index in [9.17, 15) is 4.39 Å². The Hall–Kier alpha value is -3.37. The quantitative estimate of drug-likeness (QED) is 0.427. The number of nitrogens with one attached hydrogen (secondary N) is 1. The molecule has 3 aromatic carbocycles. The molecular weight excluding hydrogens is 387 g/mol. The van der Waals surface area contributed by atoms with Crippen LogP contribution in [0.4, 0.5) is 4.39 Å². The van der Waals surface area contributed by atoms with E-state index >= 15 is 0 Å². The Bertz CT molecular complexity index is 1110. The molecule has 1 heterocycles. The van der Waals surface area contributed by atoms with Crippen molar-refractivity contribution in [2.75, 3.05) is 7.11 Å². The first kappa shape index (κ1) is 20.9. The number of methoxy groups -OCH3 is 1. The lowest BCUT2D eigenvalue weighted by Gasteiger charge is -2.21. The zero-order chi connectivity index (χ0) is 21.5. The number of hydrogen-bond acceptors (Lipinski definition) is 1. The van der Waals surface area contributed by atoms with Crippen LogP contribution in [0.2, 0.25) is 0 Å². The minimum Gasteiger partial charge on any atom is -0.497 e. The predicted molar refractivity (Wildman–Crippen MR) is 121 cm³/mol. The molecule has 0 saturated heterocycles. The Morgan fingerprint density at radius 1 is 0.774 bits per heavy atom. The highest BCUT2D eigenvalue weighted by Gasteiger charge is 2.15. The number of ether oxygens (including phenoxy) is 1. The van der Waals surface area contributed by atoms with E-state index in [0.717, 1.165) is 25.4 Å². The van der Waals surface area contributed by atoms with Crippen molar-refractivity contribution in [3.05, 3.63) is 125 Å². The number of halogens is 1. The van der Waals surface area contributed by atoms with Crippen molar-refractivity contribution >= 4 is 0 Å². The Morgan fingerprint density at radius 2 is 1.52 bits per heavy atom. The summed E-state index contributed by atoms with van der Waals surface area (Å²) in [6, 6.07) is 30.0. The molecule has 1 atom stereocenters.